The van der Waals surface area contributed by atoms with Crippen LogP contribution in [0.5, 0.6) is 0 Å². The second-order valence-electron chi connectivity index (χ2n) is 4.51. The summed E-state index contributed by atoms with van der Waals surface area (Å²) in [6, 6.07) is 5.64. The number of hydrogen-bond acceptors (Lipinski definition) is 4. The van der Waals surface area contributed by atoms with E-state index in [4.69, 9.17) is 5.73 Å². The predicted octanol–water partition coefficient (Wildman–Crippen LogP) is 0.856. The SMILES string of the molecule is CC(C)C(CN)C(=O)Nc1cccc2n[se]nc12. The third kappa shape index (κ3) is 2.61. The van der Waals surface area contributed by atoms with Crippen LogP contribution in [0, 0.1) is 11.8 Å². The van der Waals surface area contributed by atoms with Crippen molar-refractivity contribution < 1.29 is 4.79 Å². The molecule has 3 N–H and O–H groups in total. The van der Waals surface area contributed by atoms with Crippen molar-refractivity contribution in [3.63, 3.8) is 0 Å². The van der Waals surface area contributed by atoms with E-state index in [1.807, 2.05) is 32.0 Å². The molecular formula is C12H16N4OSe. The minimum absolute atomic E-state index is 0.0458. The molecule has 6 heteroatoms. The predicted molar refractivity (Wildman–Crippen MR) is 72.5 cm³/mol. The van der Waals surface area contributed by atoms with Crippen LogP contribution < -0.4 is 11.1 Å². The van der Waals surface area contributed by atoms with Crippen LogP contribution in [-0.2, 0) is 4.79 Å². The van der Waals surface area contributed by atoms with E-state index in [0.29, 0.717) is 6.54 Å². The van der Waals surface area contributed by atoms with Gasteiger partial charge in [0.25, 0.3) is 0 Å². The van der Waals surface area contributed by atoms with Crippen LogP contribution in [0.3, 0.4) is 0 Å². The molecule has 2 rings (SSSR count). The molecule has 0 aliphatic heterocycles. The van der Waals surface area contributed by atoms with Crippen molar-refractivity contribution in [2.24, 2.45) is 17.6 Å². The summed E-state index contributed by atoms with van der Waals surface area (Å²) in [6.45, 7) is 4.34. The number of amides is 1. The number of carbonyl (C=O) groups is 1. The molecule has 0 aliphatic carbocycles. The van der Waals surface area contributed by atoms with E-state index in [9.17, 15) is 4.79 Å². The Labute approximate surface area is 112 Å². The molecule has 0 fully saturated rings. The molecule has 96 valence electrons. The Kier molecular flexibility index (Phi) is 4.11. The fourth-order valence-corrected chi connectivity index (χ4v) is 2.97. The average Bonchev–Trinajstić information content (AvgIpc) is 2.78. The summed E-state index contributed by atoms with van der Waals surface area (Å²) in [7, 11) is 0. The second-order valence-corrected chi connectivity index (χ2v) is 5.62. The number of anilines is 1. The molecule has 0 aliphatic rings. The normalized spacial score (nSPS) is 12.9. The molecule has 1 amide bonds. The van der Waals surface area contributed by atoms with E-state index in [1.54, 1.807) is 0 Å². The summed E-state index contributed by atoms with van der Waals surface area (Å²) >= 11 is -0.0888. The Hall–Kier alpha value is -1.23. The Morgan fingerprint density at radius 3 is 2.89 bits per heavy atom. The van der Waals surface area contributed by atoms with E-state index in [2.05, 4.69) is 13.3 Å². The fraction of sp³-hybridized carbons (Fsp3) is 0.417. The van der Waals surface area contributed by atoms with Crippen LogP contribution in [0.1, 0.15) is 13.8 Å². The van der Waals surface area contributed by atoms with E-state index < -0.39 is 0 Å². The second kappa shape index (κ2) is 5.61. The van der Waals surface area contributed by atoms with Crippen molar-refractivity contribution in [2.75, 3.05) is 11.9 Å². The first-order valence-electron chi connectivity index (χ1n) is 5.85. The molecule has 5 nitrogen and oxygen atoms in total. The van der Waals surface area contributed by atoms with Gasteiger partial charge in [-0.3, -0.25) is 0 Å². The van der Waals surface area contributed by atoms with Gasteiger partial charge in [-0.1, -0.05) is 0 Å². The van der Waals surface area contributed by atoms with Crippen LogP contribution in [0.4, 0.5) is 5.69 Å². The first kappa shape index (κ1) is 13.2. The van der Waals surface area contributed by atoms with Gasteiger partial charge in [-0.05, 0) is 0 Å². The Morgan fingerprint density at radius 1 is 1.44 bits per heavy atom. The standard InChI is InChI=1S/C12H16N4OSe/c1-7(2)8(6-13)12(17)14-9-4-3-5-10-11(9)16-18-15-10/h3-5,7-8H,6,13H2,1-2H3,(H,14,17). The van der Waals surface area contributed by atoms with Crippen LogP contribution in [0.25, 0.3) is 11.0 Å². The summed E-state index contributed by atoms with van der Waals surface area (Å²) in [5.74, 6) is -0.00202. The van der Waals surface area contributed by atoms with Crippen LogP contribution in [0.15, 0.2) is 18.2 Å². The van der Waals surface area contributed by atoms with Crippen LogP contribution >= 0.6 is 0 Å². The number of benzene rings is 1. The van der Waals surface area contributed by atoms with Gasteiger partial charge >= 0.3 is 112 Å². The zero-order chi connectivity index (χ0) is 13.1. The summed E-state index contributed by atoms with van der Waals surface area (Å²) in [5.41, 5.74) is 8.04. The summed E-state index contributed by atoms with van der Waals surface area (Å²) < 4.78 is 8.62. The molecule has 2 aromatic rings. The molecule has 18 heavy (non-hydrogen) atoms. The zero-order valence-electron chi connectivity index (χ0n) is 10.4. The van der Waals surface area contributed by atoms with Crippen molar-refractivity contribution in [1.29, 1.82) is 0 Å². The molecule has 1 aromatic heterocycles. The number of hydrogen-bond donors (Lipinski definition) is 2. The van der Waals surface area contributed by atoms with Crippen molar-refractivity contribution in [3.05, 3.63) is 18.2 Å². The fourth-order valence-electron chi connectivity index (χ4n) is 1.81. The van der Waals surface area contributed by atoms with Crippen molar-refractivity contribution in [2.45, 2.75) is 13.8 Å². The van der Waals surface area contributed by atoms with Gasteiger partial charge in [0.2, 0.25) is 0 Å². The number of carbonyl (C=O) groups excluding carboxylic acids is 1. The van der Waals surface area contributed by atoms with Crippen LogP contribution in [-0.4, -0.2) is 35.4 Å². The molecule has 1 heterocycles. The summed E-state index contributed by atoms with van der Waals surface area (Å²) in [6.07, 6.45) is 0. The van der Waals surface area contributed by atoms with Gasteiger partial charge in [-0.15, -0.1) is 0 Å². The number of nitrogens with zero attached hydrogens (tertiary/aromatic N) is 2. The molecule has 0 saturated heterocycles. The van der Waals surface area contributed by atoms with E-state index in [0.717, 1.165) is 16.7 Å². The van der Waals surface area contributed by atoms with Gasteiger partial charge in [-0.25, -0.2) is 0 Å². The Bertz CT molecular complexity index is 552. The van der Waals surface area contributed by atoms with Gasteiger partial charge in [0.15, 0.2) is 0 Å². The number of aromatic nitrogens is 2. The molecule has 0 saturated carbocycles. The first-order chi connectivity index (χ1) is 8.63. The van der Waals surface area contributed by atoms with Gasteiger partial charge in [0, 0.05) is 0 Å². The monoisotopic (exact) mass is 312 g/mol. The maximum atomic E-state index is 12.1. The topological polar surface area (TPSA) is 80.9 Å². The van der Waals surface area contributed by atoms with Crippen molar-refractivity contribution >= 4 is 37.6 Å². The molecular weight excluding hydrogens is 295 g/mol. The molecule has 1 unspecified atom stereocenters. The van der Waals surface area contributed by atoms with E-state index >= 15 is 0 Å². The third-order valence-corrected chi connectivity index (χ3v) is 4.08. The molecule has 0 bridgehead atoms. The molecule has 1 atom stereocenters. The minimum atomic E-state index is -0.176. The number of rotatable bonds is 4. The van der Waals surface area contributed by atoms with Crippen LogP contribution in [0.2, 0.25) is 0 Å². The van der Waals surface area contributed by atoms with Gasteiger partial charge < -0.3 is 0 Å². The Balaban J connectivity index is 2.23. The first-order valence-corrected chi connectivity index (χ1v) is 7.39. The number of nitrogens with two attached hydrogens (primary N) is 1. The Morgan fingerprint density at radius 2 is 2.22 bits per heavy atom. The van der Waals surface area contributed by atoms with Crippen molar-refractivity contribution in [1.82, 2.24) is 7.96 Å². The van der Waals surface area contributed by atoms with Gasteiger partial charge in [0.05, 0.1) is 0 Å². The average molecular weight is 311 g/mol. The van der Waals surface area contributed by atoms with Gasteiger partial charge in [0.1, 0.15) is 0 Å². The summed E-state index contributed by atoms with van der Waals surface area (Å²) in [5, 5.41) is 2.91. The number of nitrogens with one attached hydrogen (secondary N) is 1. The van der Waals surface area contributed by atoms with E-state index in [-0.39, 0.29) is 32.7 Å². The molecule has 1 aromatic carbocycles. The third-order valence-electron chi connectivity index (χ3n) is 2.94. The zero-order valence-corrected chi connectivity index (χ0v) is 12.1. The van der Waals surface area contributed by atoms with Crippen molar-refractivity contribution in [3.8, 4) is 0 Å². The molecule has 0 spiro atoms. The quantitative estimate of drug-likeness (QED) is 0.821. The number of fused-ring (bicyclic) bond motifs is 1. The molecule has 0 radical (unpaired) electrons. The van der Waals surface area contributed by atoms with Gasteiger partial charge in [-0.2, -0.15) is 0 Å². The van der Waals surface area contributed by atoms with E-state index in [1.165, 1.54) is 0 Å². The summed E-state index contributed by atoms with van der Waals surface area (Å²) in [4.78, 5) is 12.1. The maximum absolute atomic E-state index is 12.1.